The maximum absolute atomic E-state index is 12.8. The highest BCUT2D eigenvalue weighted by molar-refractivity contribution is 7.89. The second-order valence-electron chi connectivity index (χ2n) is 6.77. The third-order valence-electron chi connectivity index (χ3n) is 4.88. The quantitative estimate of drug-likeness (QED) is 0.839. The lowest BCUT2D eigenvalue weighted by atomic mass is 10.1. The monoisotopic (exact) mass is 365 g/mol. The summed E-state index contributed by atoms with van der Waals surface area (Å²) in [5.74, 6) is -0.0718. The van der Waals surface area contributed by atoms with Gasteiger partial charge >= 0.3 is 0 Å². The number of rotatable bonds is 6. The molecule has 138 valence electrons. The molecule has 7 heteroatoms. The van der Waals surface area contributed by atoms with Crippen molar-refractivity contribution < 1.29 is 13.2 Å². The summed E-state index contributed by atoms with van der Waals surface area (Å²) < 4.78 is 28.2. The highest BCUT2D eigenvalue weighted by Crippen LogP contribution is 2.30. The minimum atomic E-state index is -3.63. The van der Waals surface area contributed by atoms with Gasteiger partial charge in [-0.3, -0.25) is 4.79 Å². The zero-order valence-electron chi connectivity index (χ0n) is 14.8. The Kier molecular flexibility index (Phi) is 5.64. The summed E-state index contributed by atoms with van der Waals surface area (Å²) in [5.41, 5.74) is 1.17. The van der Waals surface area contributed by atoms with Crippen molar-refractivity contribution in [3.05, 3.63) is 23.8 Å². The molecule has 25 heavy (non-hydrogen) atoms. The molecule has 2 heterocycles. The minimum Gasteiger partial charge on any atom is -0.370 e. The van der Waals surface area contributed by atoms with Gasteiger partial charge in [0, 0.05) is 38.3 Å². The Labute approximate surface area is 150 Å². The van der Waals surface area contributed by atoms with E-state index in [2.05, 4.69) is 9.62 Å². The van der Waals surface area contributed by atoms with E-state index in [0.717, 1.165) is 58.3 Å². The van der Waals surface area contributed by atoms with E-state index in [1.54, 1.807) is 23.1 Å². The highest BCUT2D eigenvalue weighted by Gasteiger charge is 2.27. The van der Waals surface area contributed by atoms with Crippen LogP contribution in [0, 0.1) is 0 Å². The van der Waals surface area contributed by atoms with Crippen LogP contribution in [0.2, 0.25) is 0 Å². The molecule has 2 aliphatic heterocycles. The first kappa shape index (κ1) is 18.2. The number of nitrogens with zero attached hydrogens (tertiary/aromatic N) is 2. The van der Waals surface area contributed by atoms with Crippen LogP contribution >= 0.6 is 0 Å². The summed E-state index contributed by atoms with van der Waals surface area (Å²) in [4.78, 5) is 16.8. The molecule has 0 saturated carbocycles. The van der Waals surface area contributed by atoms with Gasteiger partial charge in [-0.25, -0.2) is 13.1 Å². The van der Waals surface area contributed by atoms with Gasteiger partial charge in [0.2, 0.25) is 10.0 Å². The Morgan fingerprint density at radius 3 is 2.36 bits per heavy atom. The molecule has 1 N–H and O–H groups in total. The van der Waals surface area contributed by atoms with Crippen LogP contribution in [0.1, 0.15) is 49.4 Å². The third kappa shape index (κ3) is 3.98. The molecule has 1 aromatic rings. The molecule has 1 amide bonds. The molecule has 1 aromatic carbocycles. The number of benzene rings is 1. The van der Waals surface area contributed by atoms with Crippen LogP contribution in [0.4, 0.5) is 5.69 Å². The van der Waals surface area contributed by atoms with E-state index in [1.807, 2.05) is 6.92 Å². The number of anilines is 1. The van der Waals surface area contributed by atoms with E-state index in [9.17, 15) is 13.2 Å². The molecule has 0 radical (unpaired) electrons. The maximum Gasteiger partial charge on any atom is 0.253 e. The minimum absolute atomic E-state index is 0.0718. The predicted octanol–water partition coefficient (Wildman–Crippen LogP) is 2.21. The van der Waals surface area contributed by atoms with Gasteiger partial charge in [-0.05, 0) is 50.3 Å². The summed E-state index contributed by atoms with van der Waals surface area (Å²) in [6.07, 6.45) is 4.89. The molecule has 0 unspecified atom stereocenters. The van der Waals surface area contributed by atoms with Crippen molar-refractivity contribution in [2.45, 2.75) is 43.9 Å². The topological polar surface area (TPSA) is 69.7 Å². The molecule has 0 bridgehead atoms. The summed E-state index contributed by atoms with van der Waals surface area (Å²) in [7, 11) is -3.63. The number of carbonyl (C=O) groups excluding carboxylic acids is 1. The fourth-order valence-electron chi connectivity index (χ4n) is 3.50. The van der Waals surface area contributed by atoms with Gasteiger partial charge < -0.3 is 9.80 Å². The van der Waals surface area contributed by atoms with Crippen molar-refractivity contribution in [1.29, 1.82) is 0 Å². The first-order valence-electron chi connectivity index (χ1n) is 9.21. The van der Waals surface area contributed by atoms with Crippen molar-refractivity contribution in [3.63, 3.8) is 0 Å². The Hall–Kier alpha value is -1.60. The van der Waals surface area contributed by atoms with Crippen LogP contribution < -0.4 is 9.62 Å². The lowest BCUT2D eigenvalue weighted by Gasteiger charge is -2.23. The van der Waals surface area contributed by atoms with E-state index >= 15 is 0 Å². The third-order valence-corrected chi connectivity index (χ3v) is 6.37. The second kappa shape index (κ2) is 7.74. The van der Waals surface area contributed by atoms with Gasteiger partial charge in [0.05, 0.1) is 5.69 Å². The van der Waals surface area contributed by atoms with E-state index < -0.39 is 10.0 Å². The SMILES string of the molecule is CCCNS(=O)(=O)c1cc(C(=O)N2CCCC2)ccc1N1CCCC1. The normalized spacial score (nSPS) is 18.1. The molecule has 2 saturated heterocycles. The largest absolute Gasteiger partial charge is 0.370 e. The van der Waals surface area contributed by atoms with E-state index in [4.69, 9.17) is 0 Å². The van der Waals surface area contributed by atoms with E-state index in [0.29, 0.717) is 17.8 Å². The lowest BCUT2D eigenvalue weighted by molar-refractivity contribution is 0.0792. The zero-order valence-corrected chi connectivity index (χ0v) is 15.6. The van der Waals surface area contributed by atoms with Crippen LogP contribution in [0.25, 0.3) is 0 Å². The van der Waals surface area contributed by atoms with Crippen LogP contribution in [-0.4, -0.2) is 51.9 Å². The Morgan fingerprint density at radius 2 is 1.72 bits per heavy atom. The maximum atomic E-state index is 12.8. The van der Waals surface area contributed by atoms with Crippen molar-refractivity contribution >= 4 is 21.6 Å². The van der Waals surface area contributed by atoms with Crippen LogP contribution in [0.5, 0.6) is 0 Å². The molecule has 0 aromatic heterocycles. The molecular weight excluding hydrogens is 338 g/mol. The summed E-state index contributed by atoms with van der Waals surface area (Å²) in [6.45, 7) is 5.54. The number of amides is 1. The fraction of sp³-hybridized carbons (Fsp3) is 0.611. The van der Waals surface area contributed by atoms with Crippen molar-refractivity contribution in [1.82, 2.24) is 9.62 Å². The van der Waals surface area contributed by atoms with Crippen LogP contribution in [0.15, 0.2) is 23.1 Å². The molecule has 6 nitrogen and oxygen atoms in total. The standard InChI is InChI=1S/C18H27N3O3S/c1-2-9-19-25(23,24)17-14-15(18(22)21-12-5-6-13-21)7-8-16(17)20-10-3-4-11-20/h7-8,14,19H,2-6,9-13H2,1H3. The number of sulfonamides is 1. The lowest BCUT2D eigenvalue weighted by Crippen LogP contribution is -2.30. The number of likely N-dealkylation sites (tertiary alicyclic amines) is 1. The van der Waals surface area contributed by atoms with Crippen molar-refractivity contribution in [3.8, 4) is 0 Å². The summed E-state index contributed by atoms with van der Waals surface area (Å²) in [5, 5.41) is 0. The van der Waals surface area contributed by atoms with Gasteiger partial charge in [-0.2, -0.15) is 0 Å². The molecule has 2 aliphatic rings. The predicted molar refractivity (Wildman–Crippen MR) is 98.5 cm³/mol. The zero-order chi connectivity index (χ0) is 17.9. The van der Waals surface area contributed by atoms with Gasteiger partial charge in [-0.1, -0.05) is 6.92 Å². The van der Waals surface area contributed by atoms with Gasteiger partial charge in [0.1, 0.15) is 4.90 Å². The van der Waals surface area contributed by atoms with Gasteiger partial charge in [0.25, 0.3) is 5.91 Å². The van der Waals surface area contributed by atoms with Crippen LogP contribution in [-0.2, 0) is 10.0 Å². The smallest absolute Gasteiger partial charge is 0.253 e. The fourth-order valence-corrected chi connectivity index (χ4v) is 4.88. The number of carbonyl (C=O) groups is 1. The van der Waals surface area contributed by atoms with Crippen LogP contribution in [0.3, 0.4) is 0 Å². The van der Waals surface area contributed by atoms with Crippen molar-refractivity contribution in [2.75, 3.05) is 37.6 Å². The Morgan fingerprint density at radius 1 is 1.08 bits per heavy atom. The second-order valence-corrected chi connectivity index (χ2v) is 8.51. The summed E-state index contributed by atoms with van der Waals surface area (Å²) >= 11 is 0. The molecule has 0 aliphatic carbocycles. The molecule has 3 rings (SSSR count). The first-order valence-corrected chi connectivity index (χ1v) is 10.7. The molecule has 0 spiro atoms. The summed E-state index contributed by atoms with van der Waals surface area (Å²) in [6, 6.07) is 5.13. The molecule has 0 atom stereocenters. The number of nitrogens with one attached hydrogen (secondary N) is 1. The van der Waals surface area contributed by atoms with Gasteiger partial charge in [0.15, 0.2) is 0 Å². The Balaban J connectivity index is 1.97. The van der Waals surface area contributed by atoms with E-state index in [1.165, 1.54) is 0 Å². The molecular formula is C18H27N3O3S. The number of hydrogen-bond donors (Lipinski definition) is 1. The molecule has 2 fully saturated rings. The van der Waals surface area contributed by atoms with Crippen molar-refractivity contribution in [2.24, 2.45) is 0 Å². The number of hydrogen-bond acceptors (Lipinski definition) is 4. The van der Waals surface area contributed by atoms with E-state index in [-0.39, 0.29) is 10.8 Å². The highest BCUT2D eigenvalue weighted by atomic mass is 32.2. The first-order chi connectivity index (χ1) is 12.0. The van der Waals surface area contributed by atoms with Gasteiger partial charge in [-0.15, -0.1) is 0 Å². The average Bonchev–Trinajstić information content (AvgIpc) is 3.32. The Bertz CT molecular complexity index is 721. The average molecular weight is 365 g/mol.